The van der Waals surface area contributed by atoms with Crippen molar-refractivity contribution in [3.8, 4) is 11.4 Å². The zero-order valence-corrected chi connectivity index (χ0v) is 15.4. The normalized spacial score (nSPS) is 11.1. The summed E-state index contributed by atoms with van der Waals surface area (Å²) in [4.78, 5) is 13.0. The van der Waals surface area contributed by atoms with E-state index in [0.29, 0.717) is 5.69 Å². The van der Waals surface area contributed by atoms with Crippen molar-refractivity contribution in [3.63, 3.8) is 0 Å². The molecule has 0 aliphatic heterocycles. The molecule has 0 saturated carbocycles. The van der Waals surface area contributed by atoms with Crippen molar-refractivity contribution in [3.05, 3.63) is 59.9 Å². The second-order valence-electron chi connectivity index (χ2n) is 6.37. The molecule has 4 heterocycles. The number of fused-ring (bicyclic) bond motifs is 1. The van der Waals surface area contributed by atoms with E-state index in [0.717, 1.165) is 40.2 Å². The number of nitrogens with one attached hydrogen (secondary N) is 1. The van der Waals surface area contributed by atoms with Crippen molar-refractivity contribution in [1.82, 2.24) is 24.7 Å². The number of nitrogens with zero attached hydrogens (tertiary/aromatic N) is 5. The van der Waals surface area contributed by atoms with Gasteiger partial charge >= 0.3 is 0 Å². The monoisotopic (exact) mass is 362 g/mol. The van der Waals surface area contributed by atoms with E-state index in [1.54, 1.807) is 18.5 Å². The van der Waals surface area contributed by atoms with Crippen LogP contribution in [-0.2, 0) is 6.54 Å². The number of aryl methyl sites for hydroxylation is 3. The van der Waals surface area contributed by atoms with E-state index < -0.39 is 5.82 Å². The average molecular weight is 362 g/mol. The number of pyridine rings is 3. The van der Waals surface area contributed by atoms with E-state index in [4.69, 9.17) is 0 Å². The predicted molar refractivity (Wildman–Crippen MR) is 103 cm³/mol. The number of rotatable bonds is 4. The molecule has 0 fully saturated rings. The minimum atomic E-state index is -0.393. The Kier molecular flexibility index (Phi) is 4.27. The van der Waals surface area contributed by atoms with Gasteiger partial charge in [0.2, 0.25) is 0 Å². The summed E-state index contributed by atoms with van der Waals surface area (Å²) in [5, 5.41) is 7.96. The van der Waals surface area contributed by atoms with Crippen LogP contribution in [0.1, 0.15) is 18.2 Å². The van der Waals surface area contributed by atoms with Crippen LogP contribution in [0.15, 0.2) is 42.9 Å². The maximum absolute atomic E-state index is 14.2. The van der Waals surface area contributed by atoms with Gasteiger partial charge < -0.3 is 5.32 Å². The van der Waals surface area contributed by atoms with E-state index >= 15 is 0 Å². The molecule has 27 heavy (non-hydrogen) atoms. The van der Waals surface area contributed by atoms with Gasteiger partial charge in [0.25, 0.3) is 0 Å². The van der Waals surface area contributed by atoms with Gasteiger partial charge in [-0.25, -0.2) is 9.37 Å². The SMILES string of the molecule is CCn1cc2nccc(Nc3cc(-c4nc(C)ccc4F)ncc3C)c2n1. The van der Waals surface area contributed by atoms with Gasteiger partial charge in [-0.15, -0.1) is 0 Å². The van der Waals surface area contributed by atoms with Crippen LogP contribution < -0.4 is 5.32 Å². The summed E-state index contributed by atoms with van der Waals surface area (Å²) in [6, 6.07) is 6.74. The molecule has 0 aliphatic rings. The number of hydrogen-bond donors (Lipinski definition) is 1. The fourth-order valence-electron chi connectivity index (χ4n) is 2.88. The van der Waals surface area contributed by atoms with Crippen LogP contribution in [0, 0.1) is 19.7 Å². The first-order chi connectivity index (χ1) is 13.0. The highest BCUT2D eigenvalue weighted by Crippen LogP contribution is 2.29. The number of aromatic nitrogens is 5. The summed E-state index contributed by atoms with van der Waals surface area (Å²) >= 11 is 0. The minimum absolute atomic E-state index is 0.244. The van der Waals surface area contributed by atoms with Crippen LogP contribution in [0.3, 0.4) is 0 Å². The average Bonchev–Trinajstić information content (AvgIpc) is 3.10. The molecule has 0 bridgehead atoms. The summed E-state index contributed by atoms with van der Waals surface area (Å²) in [5.74, 6) is -0.393. The molecule has 6 nitrogen and oxygen atoms in total. The van der Waals surface area contributed by atoms with Crippen molar-refractivity contribution in [2.24, 2.45) is 0 Å². The fraction of sp³-hybridized carbons (Fsp3) is 0.200. The lowest BCUT2D eigenvalue weighted by atomic mass is 10.1. The first kappa shape index (κ1) is 17.1. The zero-order valence-electron chi connectivity index (χ0n) is 15.4. The van der Waals surface area contributed by atoms with Gasteiger partial charge in [-0.2, -0.15) is 5.10 Å². The lowest BCUT2D eigenvalue weighted by Crippen LogP contribution is -1.99. The van der Waals surface area contributed by atoms with Crippen molar-refractivity contribution in [1.29, 1.82) is 0 Å². The van der Waals surface area contributed by atoms with Crippen LogP contribution in [0.5, 0.6) is 0 Å². The Hall–Kier alpha value is -3.35. The van der Waals surface area contributed by atoms with E-state index in [-0.39, 0.29) is 5.69 Å². The van der Waals surface area contributed by atoms with E-state index in [9.17, 15) is 4.39 Å². The molecule has 0 amide bonds. The van der Waals surface area contributed by atoms with E-state index in [1.165, 1.54) is 6.07 Å². The number of anilines is 2. The maximum Gasteiger partial charge on any atom is 0.151 e. The number of halogens is 1. The Labute approximate surface area is 156 Å². The molecule has 0 unspecified atom stereocenters. The van der Waals surface area contributed by atoms with Crippen molar-refractivity contribution in [2.75, 3.05) is 5.32 Å². The quantitative estimate of drug-likeness (QED) is 0.582. The Morgan fingerprint density at radius 1 is 1.11 bits per heavy atom. The third-order valence-electron chi connectivity index (χ3n) is 4.38. The third kappa shape index (κ3) is 3.23. The van der Waals surface area contributed by atoms with Gasteiger partial charge in [0, 0.05) is 30.3 Å². The van der Waals surface area contributed by atoms with Crippen LogP contribution in [0.4, 0.5) is 15.8 Å². The molecular formula is C20H19FN6. The van der Waals surface area contributed by atoms with Crippen molar-refractivity contribution < 1.29 is 4.39 Å². The molecular weight excluding hydrogens is 343 g/mol. The highest BCUT2D eigenvalue weighted by Gasteiger charge is 2.13. The van der Waals surface area contributed by atoms with Gasteiger partial charge in [0.15, 0.2) is 5.82 Å². The lowest BCUT2D eigenvalue weighted by Gasteiger charge is -2.12. The van der Waals surface area contributed by atoms with Crippen LogP contribution in [0.2, 0.25) is 0 Å². The summed E-state index contributed by atoms with van der Waals surface area (Å²) in [7, 11) is 0. The molecule has 4 rings (SSSR count). The molecule has 4 aromatic heterocycles. The van der Waals surface area contributed by atoms with E-state index in [1.807, 2.05) is 43.8 Å². The molecule has 0 spiro atoms. The Morgan fingerprint density at radius 2 is 1.96 bits per heavy atom. The van der Waals surface area contributed by atoms with Crippen LogP contribution in [0.25, 0.3) is 22.4 Å². The second-order valence-corrected chi connectivity index (χ2v) is 6.37. The molecule has 136 valence electrons. The lowest BCUT2D eigenvalue weighted by molar-refractivity contribution is 0.624. The van der Waals surface area contributed by atoms with Crippen LogP contribution in [-0.4, -0.2) is 24.7 Å². The fourth-order valence-corrected chi connectivity index (χ4v) is 2.88. The van der Waals surface area contributed by atoms with Gasteiger partial charge in [-0.1, -0.05) is 0 Å². The van der Waals surface area contributed by atoms with Gasteiger partial charge in [-0.05, 0) is 50.6 Å². The van der Waals surface area contributed by atoms with Gasteiger partial charge in [0.1, 0.15) is 16.7 Å². The topological polar surface area (TPSA) is 68.5 Å². The molecule has 0 aliphatic carbocycles. The summed E-state index contributed by atoms with van der Waals surface area (Å²) in [6.07, 6.45) is 5.37. The molecule has 4 aromatic rings. The van der Waals surface area contributed by atoms with Crippen LogP contribution >= 0.6 is 0 Å². The minimum Gasteiger partial charge on any atom is -0.353 e. The predicted octanol–water partition coefficient (Wildman–Crippen LogP) is 4.41. The first-order valence-corrected chi connectivity index (χ1v) is 8.74. The largest absolute Gasteiger partial charge is 0.353 e. The zero-order chi connectivity index (χ0) is 19.0. The molecule has 0 radical (unpaired) electrons. The highest BCUT2D eigenvalue weighted by molar-refractivity contribution is 5.89. The van der Waals surface area contributed by atoms with Crippen molar-refractivity contribution in [2.45, 2.75) is 27.3 Å². The Bertz CT molecular complexity index is 1130. The Morgan fingerprint density at radius 3 is 2.78 bits per heavy atom. The standard InChI is InChI=1S/C20H19FN6/c1-4-27-11-18-20(26-27)15(7-8-22-18)25-16-9-17(23-10-12(16)2)19-14(21)6-5-13(3)24-19/h5-11H,4H2,1-3H3,(H,23,25). The molecule has 0 atom stereocenters. The van der Waals surface area contributed by atoms with Crippen molar-refractivity contribution >= 4 is 22.4 Å². The van der Waals surface area contributed by atoms with Gasteiger partial charge in [0.05, 0.1) is 17.6 Å². The third-order valence-corrected chi connectivity index (χ3v) is 4.38. The summed E-state index contributed by atoms with van der Waals surface area (Å²) < 4.78 is 16.1. The summed E-state index contributed by atoms with van der Waals surface area (Å²) in [6.45, 7) is 6.57. The molecule has 7 heteroatoms. The second kappa shape index (κ2) is 6.75. The Balaban J connectivity index is 1.77. The highest BCUT2D eigenvalue weighted by atomic mass is 19.1. The first-order valence-electron chi connectivity index (χ1n) is 8.74. The van der Waals surface area contributed by atoms with Gasteiger partial charge in [-0.3, -0.25) is 14.6 Å². The molecule has 0 saturated heterocycles. The smallest absolute Gasteiger partial charge is 0.151 e. The maximum atomic E-state index is 14.2. The molecule has 0 aromatic carbocycles. The number of hydrogen-bond acceptors (Lipinski definition) is 5. The van der Waals surface area contributed by atoms with E-state index in [2.05, 4.69) is 25.4 Å². The molecule has 1 N–H and O–H groups in total. The summed E-state index contributed by atoms with van der Waals surface area (Å²) in [5.41, 5.74) is 5.67.